The van der Waals surface area contributed by atoms with E-state index in [2.05, 4.69) is 25.5 Å². The molecular weight excluding hydrogens is 524 g/mol. The van der Waals surface area contributed by atoms with Crippen molar-refractivity contribution in [1.29, 1.82) is 0 Å². The van der Waals surface area contributed by atoms with Gasteiger partial charge in [-0.05, 0) is 66.0 Å². The second-order valence-corrected chi connectivity index (χ2v) is 11.8. The highest BCUT2D eigenvalue weighted by molar-refractivity contribution is 7.84. The maximum Gasteiger partial charge on any atom is 0.333 e. The van der Waals surface area contributed by atoms with E-state index in [1.807, 2.05) is 23.6 Å². The molecule has 2 aliphatic rings. The predicted molar refractivity (Wildman–Crippen MR) is 137 cm³/mol. The molecule has 1 saturated carbocycles. The van der Waals surface area contributed by atoms with Crippen molar-refractivity contribution in [3.05, 3.63) is 74.3 Å². The maximum absolute atomic E-state index is 13.4. The van der Waals surface area contributed by atoms with Crippen molar-refractivity contribution in [3.63, 3.8) is 0 Å². The van der Waals surface area contributed by atoms with Crippen molar-refractivity contribution in [1.82, 2.24) is 9.97 Å². The van der Waals surface area contributed by atoms with Crippen molar-refractivity contribution in [2.24, 2.45) is 11.1 Å². The molecule has 2 heterocycles. The first-order valence-electron chi connectivity index (χ1n) is 11.5. The molecule has 0 amide bonds. The molecular formula is C24H25ClN4O5S2. The number of carbonyl (C=O) groups is 1. The van der Waals surface area contributed by atoms with Crippen LogP contribution in [0.25, 0.3) is 0 Å². The van der Waals surface area contributed by atoms with E-state index < -0.39 is 22.3 Å². The number of rotatable bonds is 8. The van der Waals surface area contributed by atoms with Gasteiger partial charge in [0.2, 0.25) is 5.78 Å². The number of aryl methyl sites for hydroxylation is 1. The molecule has 3 aromatic rings. The first kappa shape index (κ1) is 25.2. The summed E-state index contributed by atoms with van der Waals surface area (Å²) >= 11 is 7.62. The molecule has 0 spiro atoms. The van der Waals surface area contributed by atoms with Crippen LogP contribution in [0.2, 0.25) is 5.02 Å². The average Bonchev–Trinajstić information content (AvgIpc) is 3.55. The van der Waals surface area contributed by atoms with Crippen LogP contribution >= 0.6 is 22.9 Å². The maximum atomic E-state index is 13.4. The van der Waals surface area contributed by atoms with Gasteiger partial charge in [0.1, 0.15) is 12.1 Å². The predicted octanol–water partition coefficient (Wildman–Crippen LogP) is 3.27. The van der Waals surface area contributed by atoms with Gasteiger partial charge in [0.05, 0.1) is 23.2 Å². The van der Waals surface area contributed by atoms with Gasteiger partial charge >= 0.3 is 10.3 Å². The van der Waals surface area contributed by atoms with Gasteiger partial charge in [-0.2, -0.15) is 8.42 Å². The minimum atomic E-state index is -4.09. The number of aliphatic hydroxyl groups excluding tert-OH is 1. The quantitative estimate of drug-likeness (QED) is 0.364. The molecule has 4 N–H and O–H groups in total. The first-order valence-corrected chi connectivity index (χ1v) is 14.2. The van der Waals surface area contributed by atoms with Crippen LogP contribution in [0, 0.1) is 5.92 Å². The number of nitrogens with zero attached hydrogens (tertiary/aromatic N) is 2. The number of hydrogen-bond acceptors (Lipinski definition) is 9. The summed E-state index contributed by atoms with van der Waals surface area (Å²) in [5, 5.41) is 21.2. The number of hydrogen-bond donors (Lipinski definition) is 3. The molecule has 1 aromatic carbocycles. The lowest BCUT2D eigenvalue weighted by molar-refractivity contribution is 0.101. The van der Waals surface area contributed by atoms with Gasteiger partial charge in [0.15, 0.2) is 0 Å². The molecule has 0 saturated heterocycles. The van der Waals surface area contributed by atoms with Crippen LogP contribution in [-0.4, -0.2) is 48.0 Å². The highest BCUT2D eigenvalue weighted by Crippen LogP contribution is 2.41. The molecule has 0 radical (unpaired) electrons. The van der Waals surface area contributed by atoms with Gasteiger partial charge in [-0.1, -0.05) is 17.7 Å². The van der Waals surface area contributed by atoms with E-state index in [0.29, 0.717) is 34.1 Å². The Morgan fingerprint density at radius 3 is 2.94 bits per heavy atom. The highest BCUT2D eigenvalue weighted by atomic mass is 35.5. The summed E-state index contributed by atoms with van der Waals surface area (Å²) in [6.07, 6.45) is 4.80. The van der Waals surface area contributed by atoms with Crippen LogP contribution in [0.1, 0.15) is 57.1 Å². The highest BCUT2D eigenvalue weighted by Gasteiger charge is 2.35. The fraction of sp³-hybridized carbons (Fsp3) is 0.375. The van der Waals surface area contributed by atoms with E-state index in [1.165, 1.54) is 35.0 Å². The lowest BCUT2D eigenvalue weighted by Gasteiger charge is -2.15. The molecule has 9 nitrogen and oxygen atoms in total. The summed E-state index contributed by atoms with van der Waals surface area (Å²) in [5.41, 5.74) is 3.93. The minimum Gasteiger partial charge on any atom is -0.393 e. The van der Waals surface area contributed by atoms with Crippen LogP contribution in [0.4, 0.5) is 5.82 Å². The van der Waals surface area contributed by atoms with E-state index in [-0.39, 0.29) is 24.3 Å². The molecule has 1 fully saturated rings. The molecule has 2 aliphatic carbocycles. The van der Waals surface area contributed by atoms with Crippen LogP contribution < -0.4 is 10.5 Å². The van der Waals surface area contributed by atoms with E-state index >= 15 is 0 Å². The first-order chi connectivity index (χ1) is 17.2. The Morgan fingerprint density at radius 2 is 2.14 bits per heavy atom. The number of benzene rings is 1. The summed E-state index contributed by atoms with van der Waals surface area (Å²) in [4.78, 5) is 22.3. The van der Waals surface area contributed by atoms with E-state index in [0.717, 1.165) is 18.4 Å². The molecule has 4 atom stereocenters. The Morgan fingerprint density at radius 1 is 1.31 bits per heavy atom. The van der Waals surface area contributed by atoms with Crippen LogP contribution in [-0.2, 0) is 20.9 Å². The molecule has 0 aliphatic heterocycles. The van der Waals surface area contributed by atoms with Gasteiger partial charge in [-0.15, -0.1) is 11.3 Å². The lowest BCUT2D eigenvalue weighted by atomic mass is 9.94. The number of aromatic nitrogens is 2. The summed E-state index contributed by atoms with van der Waals surface area (Å²) in [5.74, 6) is -0.0264. The van der Waals surface area contributed by atoms with Gasteiger partial charge in [-0.3, -0.25) is 8.98 Å². The number of ketones is 1. The van der Waals surface area contributed by atoms with Crippen molar-refractivity contribution in [3.8, 4) is 0 Å². The zero-order chi connectivity index (χ0) is 25.4. The van der Waals surface area contributed by atoms with Gasteiger partial charge in [0.25, 0.3) is 0 Å². The number of halogens is 1. The fourth-order valence-corrected chi connectivity index (χ4v) is 6.55. The molecule has 0 bridgehead atoms. The lowest BCUT2D eigenvalue weighted by Crippen LogP contribution is -2.24. The Hall–Kier alpha value is -2.41. The van der Waals surface area contributed by atoms with Crippen LogP contribution in [0.15, 0.2) is 42.2 Å². The molecule has 190 valence electrons. The van der Waals surface area contributed by atoms with Crippen molar-refractivity contribution in [2.75, 3.05) is 11.9 Å². The fourth-order valence-electron chi connectivity index (χ4n) is 5.09. The normalized spacial score (nSPS) is 23.5. The molecule has 5 rings (SSSR count). The summed E-state index contributed by atoms with van der Waals surface area (Å²) < 4.78 is 26.8. The van der Waals surface area contributed by atoms with Crippen molar-refractivity contribution < 1.29 is 22.5 Å². The molecule has 36 heavy (non-hydrogen) atoms. The standard InChI is InChI=1S/C24H25ClN4O5S2/c25-16-3-1-13-2-4-18(19(13)7-16)15-6-22(35-11-15)23(31)20-9-27-12-28-24(20)29-17-5-14(21(30)8-17)10-34-36(26,32)33/h1,3,6-7,9,11-12,14,17-18,21,30H,2,4-5,8,10H2,(H2,26,32,33)(H,27,28,29)/t14-,17-,18+,21+/m1/s1. The summed E-state index contributed by atoms with van der Waals surface area (Å²) in [6, 6.07) is 7.70. The third-order valence-electron chi connectivity index (χ3n) is 6.83. The van der Waals surface area contributed by atoms with E-state index in [1.54, 1.807) is 0 Å². The zero-order valence-corrected chi connectivity index (χ0v) is 21.5. The van der Waals surface area contributed by atoms with E-state index in [4.69, 9.17) is 16.7 Å². The molecule has 2 aromatic heterocycles. The number of nitrogens with one attached hydrogen (secondary N) is 1. The Balaban J connectivity index is 1.31. The second-order valence-electron chi connectivity index (χ2n) is 9.21. The number of carbonyl (C=O) groups excluding carboxylic acids is 1. The second kappa shape index (κ2) is 10.2. The van der Waals surface area contributed by atoms with Crippen LogP contribution in [0.3, 0.4) is 0 Å². The average molecular weight is 549 g/mol. The summed E-state index contributed by atoms with van der Waals surface area (Å²) in [7, 11) is -4.09. The van der Waals surface area contributed by atoms with Gasteiger partial charge < -0.3 is 10.4 Å². The van der Waals surface area contributed by atoms with Crippen molar-refractivity contribution >= 4 is 44.8 Å². The number of thiophene rings is 1. The summed E-state index contributed by atoms with van der Waals surface area (Å²) in [6.45, 7) is -0.207. The Bertz CT molecular complexity index is 1400. The Kier molecular flexibility index (Phi) is 7.12. The Labute approximate surface area is 217 Å². The molecule has 0 unspecified atom stereocenters. The van der Waals surface area contributed by atoms with Gasteiger partial charge in [0, 0.05) is 29.1 Å². The topological polar surface area (TPSA) is 144 Å². The number of nitrogens with two attached hydrogens (primary N) is 1. The zero-order valence-electron chi connectivity index (χ0n) is 19.1. The van der Waals surface area contributed by atoms with Gasteiger partial charge in [-0.25, -0.2) is 15.1 Å². The monoisotopic (exact) mass is 548 g/mol. The largest absolute Gasteiger partial charge is 0.393 e. The minimum absolute atomic E-state index is 0.189. The SMILES string of the molecule is NS(=O)(=O)OC[C@H]1C[C@@H](Nc2ncncc2C(=O)c2cc([C@@H]3CCc4ccc(Cl)cc43)cs2)C[C@@H]1O. The smallest absolute Gasteiger partial charge is 0.333 e. The number of fused-ring (bicyclic) bond motifs is 1. The van der Waals surface area contributed by atoms with E-state index in [9.17, 15) is 18.3 Å². The van der Waals surface area contributed by atoms with Crippen LogP contribution in [0.5, 0.6) is 0 Å². The third kappa shape index (κ3) is 5.46. The van der Waals surface area contributed by atoms with Crippen molar-refractivity contribution in [2.45, 2.75) is 43.7 Å². The number of aliphatic hydroxyl groups is 1. The molecule has 12 heteroatoms. The third-order valence-corrected chi connectivity index (χ3v) is 8.48. The number of anilines is 1.